The summed E-state index contributed by atoms with van der Waals surface area (Å²) < 4.78 is 1.58. The molecule has 0 fully saturated rings. The van der Waals surface area contributed by atoms with Crippen LogP contribution in [0.5, 0.6) is 0 Å². The first kappa shape index (κ1) is 13.6. The summed E-state index contributed by atoms with van der Waals surface area (Å²) in [6.07, 6.45) is 0. The molecule has 0 spiro atoms. The summed E-state index contributed by atoms with van der Waals surface area (Å²) in [6.45, 7) is 0. The number of para-hydroxylation sites is 1. The van der Waals surface area contributed by atoms with Gasteiger partial charge >= 0.3 is 0 Å². The molecular formula is C13H9Br2NOS. The van der Waals surface area contributed by atoms with E-state index >= 15 is 0 Å². The van der Waals surface area contributed by atoms with Crippen LogP contribution in [0.25, 0.3) is 0 Å². The highest BCUT2D eigenvalue weighted by Gasteiger charge is 2.11. The molecule has 0 atom stereocenters. The molecule has 0 aliphatic rings. The summed E-state index contributed by atoms with van der Waals surface area (Å²) in [5.41, 5.74) is 1.29. The normalized spacial score (nSPS) is 10.2. The van der Waals surface area contributed by atoms with Gasteiger partial charge in [-0.2, -0.15) is 0 Å². The second-order valence-electron chi connectivity index (χ2n) is 3.60. The van der Waals surface area contributed by atoms with Crippen LogP contribution in [0.15, 0.2) is 56.3 Å². The monoisotopic (exact) mass is 385 g/mol. The average molecular weight is 387 g/mol. The third-order valence-corrected chi connectivity index (χ3v) is 3.98. The van der Waals surface area contributed by atoms with E-state index in [4.69, 9.17) is 0 Å². The van der Waals surface area contributed by atoms with Gasteiger partial charge in [-0.15, -0.1) is 12.6 Å². The Kier molecular flexibility index (Phi) is 4.48. The standard InChI is InChI=1S/C13H9Br2NOS/c14-10-6-5-8(18)7-9(10)13(17)16-12-4-2-1-3-11(12)15/h1-7,18H,(H,16,17). The Morgan fingerprint density at radius 2 is 1.78 bits per heavy atom. The fourth-order valence-corrected chi connectivity index (χ4v) is 2.45. The Bertz CT molecular complexity index is 601. The first-order valence-electron chi connectivity index (χ1n) is 5.12. The molecule has 0 unspecified atom stereocenters. The molecule has 0 aromatic heterocycles. The molecule has 92 valence electrons. The zero-order chi connectivity index (χ0) is 13.1. The highest BCUT2D eigenvalue weighted by Crippen LogP contribution is 2.25. The van der Waals surface area contributed by atoms with Crippen molar-refractivity contribution in [2.45, 2.75) is 4.90 Å². The molecule has 0 heterocycles. The molecule has 2 aromatic rings. The highest BCUT2D eigenvalue weighted by molar-refractivity contribution is 9.11. The van der Waals surface area contributed by atoms with Gasteiger partial charge in [-0.1, -0.05) is 12.1 Å². The number of hydrogen-bond acceptors (Lipinski definition) is 2. The van der Waals surface area contributed by atoms with Gasteiger partial charge in [0.1, 0.15) is 0 Å². The highest BCUT2D eigenvalue weighted by atomic mass is 79.9. The molecule has 5 heteroatoms. The van der Waals surface area contributed by atoms with Crippen molar-refractivity contribution in [1.29, 1.82) is 0 Å². The number of carbonyl (C=O) groups is 1. The van der Waals surface area contributed by atoms with Crippen LogP contribution in [-0.4, -0.2) is 5.91 Å². The zero-order valence-electron chi connectivity index (χ0n) is 9.15. The number of thiol groups is 1. The Hall–Kier alpha value is -0.780. The van der Waals surface area contributed by atoms with Crippen molar-refractivity contribution in [1.82, 2.24) is 0 Å². The van der Waals surface area contributed by atoms with E-state index in [2.05, 4.69) is 49.8 Å². The lowest BCUT2D eigenvalue weighted by Gasteiger charge is -2.09. The molecular weight excluding hydrogens is 378 g/mol. The molecule has 2 rings (SSSR count). The summed E-state index contributed by atoms with van der Waals surface area (Å²) in [4.78, 5) is 12.9. The van der Waals surface area contributed by atoms with Gasteiger partial charge in [0.15, 0.2) is 0 Å². The fourth-order valence-electron chi connectivity index (χ4n) is 1.44. The maximum Gasteiger partial charge on any atom is 0.256 e. The quantitative estimate of drug-likeness (QED) is 0.716. The number of benzene rings is 2. The summed E-state index contributed by atoms with van der Waals surface area (Å²) >= 11 is 11.0. The SMILES string of the molecule is O=C(Nc1ccccc1Br)c1cc(S)ccc1Br. The van der Waals surface area contributed by atoms with Crippen molar-refractivity contribution >= 4 is 56.1 Å². The zero-order valence-corrected chi connectivity index (χ0v) is 13.2. The van der Waals surface area contributed by atoms with Gasteiger partial charge in [0.05, 0.1) is 11.3 Å². The van der Waals surface area contributed by atoms with Gasteiger partial charge < -0.3 is 5.32 Å². The number of hydrogen-bond donors (Lipinski definition) is 2. The lowest BCUT2D eigenvalue weighted by molar-refractivity contribution is 0.102. The van der Waals surface area contributed by atoms with Crippen LogP contribution in [0.2, 0.25) is 0 Å². The molecule has 18 heavy (non-hydrogen) atoms. The van der Waals surface area contributed by atoms with E-state index in [1.54, 1.807) is 12.1 Å². The van der Waals surface area contributed by atoms with Crippen molar-refractivity contribution in [3.05, 3.63) is 57.0 Å². The van der Waals surface area contributed by atoms with Crippen LogP contribution in [-0.2, 0) is 0 Å². The maximum atomic E-state index is 12.1. The van der Waals surface area contributed by atoms with Crippen molar-refractivity contribution < 1.29 is 4.79 Å². The van der Waals surface area contributed by atoms with Crippen LogP contribution in [0, 0.1) is 0 Å². The third kappa shape index (κ3) is 3.16. The largest absolute Gasteiger partial charge is 0.321 e. The fraction of sp³-hybridized carbons (Fsp3) is 0. The second-order valence-corrected chi connectivity index (χ2v) is 5.82. The van der Waals surface area contributed by atoms with E-state index in [-0.39, 0.29) is 5.91 Å². The van der Waals surface area contributed by atoms with E-state index in [1.807, 2.05) is 30.3 Å². The van der Waals surface area contributed by atoms with E-state index in [0.29, 0.717) is 5.56 Å². The predicted molar refractivity (Wildman–Crippen MR) is 83.5 cm³/mol. The van der Waals surface area contributed by atoms with Crippen molar-refractivity contribution in [2.24, 2.45) is 0 Å². The number of carbonyl (C=O) groups excluding carboxylic acids is 1. The molecule has 2 nitrogen and oxygen atoms in total. The minimum Gasteiger partial charge on any atom is -0.321 e. The Balaban J connectivity index is 2.28. The van der Waals surface area contributed by atoms with Gasteiger partial charge in [0.2, 0.25) is 0 Å². The van der Waals surface area contributed by atoms with E-state index in [9.17, 15) is 4.79 Å². The Morgan fingerprint density at radius 1 is 1.06 bits per heavy atom. The van der Waals surface area contributed by atoms with Crippen LogP contribution in [0.1, 0.15) is 10.4 Å². The first-order valence-corrected chi connectivity index (χ1v) is 7.15. The number of amides is 1. The lowest BCUT2D eigenvalue weighted by Crippen LogP contribution is -2.12. The number of anilines is 1. The van der Waals surface area contributed by atoms with E-state index < -0.39 is 0 Å². The molecule has 0 aliphatic carbocycles. The Morgan fingerprint density at radius 3 is 2.50 bits per heavy atom. The second kappa shape index (κ2) is 5.91. The predicted octanol–water partition coefficient (Wildman–Crippen LogP) is 4.75. The molecule has 0 aliphatic heterocycles. The average Bonchev–Trinajstić information content (AvgIpc) is 2.35. The van der Waals surface area contributed by atoms with Crippen LogP contribution in [0.3, 0.4) is 0 Å². The molecule has 0 bridgehead atoms. The molecule has 0 saturated heterocycles. The summed E-state index contributed by atoms with van der Waals surface area (Å²) in [5.74, 6) is -0.176. The smallest absolute Gasteiger partial charge is 0.256 e. The number of halogens is 2. The topological polar surface area (TPSA) is 29.1 Å². The summed E-state index contributed by atoms with van der Waals surface area (Å²) in [6, 6.07) is 12.8. The van der Waals surface area contributed by atoms with E-state index in [1.165, 1.54) is 0 Å². The minimum atomic E-state index is -0.176. The van der Waals surface area contributed by atoms with Gasteiger partial charge in [-0.25, -0.2) is 0 Å². The first-order chi connectivity index (χ1) is 8.58. The van der Waals surface area contributed by atoms with Gasteiger partial charge in [-0.3, -0.25) is 4.79 Å². The molecule has 1 amide bonds. The molecule has 2 aromatic carbocycles. The third-order valence-electron chi connectivity index (χ3n) is 2.32. The number of nitrogens with one attached hydrogen (secondary N) is 1. The molecule has 0 saturated carbocycles. The van der Waals surface area contributed by atoms with Gasteiger partial charge in [-0.05, 0) is 62.2 Å². The molecule has 0 radical (unpaired) electrons. The van der Waals surface area contributed by atoms with Gasteiger partial charge in [0, 0.05) is 13.8 Å². The van der Waals surface area contributed by atoms with Crippen LogP contribution < -0.4 is 5.32 Å². The van der Waals surface area contributed by atoms with Gasteiger partial charge in [0.25, 0.3) is 5.91 Å². The van der Waals surface area contributed by atoms with Crippen molar-refractivity contribution in [2.75, 3.05) is 5.32 Å². The van der Waals surface area contributed by atoms with Crippen LogP contribution in [0.4, 0.5) is 5.69 Å². The Labute approximate surface area is 127 Å². The summed E-state index contributed by atoms with van der Waals surface area (Å²) in [5, 5.41) is 2.84. The maximum absolute atomic E-state index is 12.1. The lowest BCUT2D eigenvalue weighted by atomic mass is 10.2. The van der Waals surface area contributed by atoms with Crippen LogP contribution >= 0.6 is 44.5 Å². The van der Waals surface area contributed by atoms with Crippen molar-refractivity contribution in [3.8, 4) is 0 Å². The van der Waals surface area contributed by atoms with E-state index in [0.717, 1.165) is 19.5 Å². The van der Waals surface area contributed by atoms with Crippen molar-refractivity contribution in [3.63, 3.8) is 0 Å². The number of rotatable bonds is 2. The molecule has 1 N–H and O–H groups in total. The minimum absolute atomic E-state index is 0.176. The summed E-state index contributed by atoms with van der Waals surface area (Å²) in [7, 11) is 0.